The van der Waals surface area contributed by atoms with Crippen molar-refractivity contribution < 1.29 is 22.7 Å². The molecular weight excluding hydrogens is 371 g/mol. The Morgan fingerprint density at radius 1 is 1.24 bits per heavy atom. The first kappa shape index (κ1) is 17.4. The molecule has 0 aromatic heterocycles. The van der Waals surface area contributed by atoms with Crippen LogP contribution in [0.1, 0.15) is 22.3 Å². The maximum absolute atomic E-state index is 13.5. The van der Waals surface area contributed by atoms with Crippen LogP contribution >= 0.6 is 11.6 Å². The van der Waals surface area contributed by atoms with Crippen LogP contribution < -0.4 is 5.43 Å². The van der Waals surface area contributed by atoms with Crippen molar-refractivity contribution in [2.45, 2.75) is 11.3 Å². The van der Waals surface area contributed by atoms with Crippen molar-refractivity contribution in [2.24, 2.45) is 5.10 Å². The second-order valence-corrected chi connectivity index (χ2v) is 7.86. The lowest BCUT2D eigenvalue weighted by Gasteiger charge is -2.18. The summed E-state index contributed by atoms with van der Waals surface area (Å²) in [7, 11) is -3.47. The highest BCUT2D eigenvalue weighted by atomic mass is 35.5. The summed E-state index contributed by atoms with van der Waals surface area (Å²) in [6, 6.07) is 7.68. The van der Waals surface area contributed by atoms with Crippen LogP contribution in [0.25, 0.3) is 0 Å². The maximum atomic E-state index is 13.5. The molecule has 0 saturated carbocycles. The van der Waals surface area contributed by atoms with Gasteiger partial charge in [0.15, 0.2) is 9.84 Å². The molecule has 0 spiro atoms. The zero-order valence-electron chi connectivity index (χ0n) is 12.7. The Hall–Kier alpha value is -2.45. The summed E-state index contributed by atoms with van der Waals surface area (Å²) in [6.45, 7) is 0. The van der Waals surface area contributed by atoms with E-state index in [9.17, 15) is 17.6 Å². The molecule has 0 fully saturated rings. The highest BCUT2D eigenvalue weighted by molar-refractivity contribution is 7.91. The van der Waals surface area contributed by atoms with Gasteiger partial charge in [0.1, 0.15) is 5.82 Å². The van der Waals surface area contributed by atoms with E-state index < -0.39 is 21.6 Å². The molecule has 2 aromatic rings. The van der Waals surface area contributed by atoms with E-state index in [-0.39, 0.29) is 33.2 Å². The Labute approximate surface area is 147 Å². The Bertz CT molecular complexity index is 1010. The van der Waals surface area contributed by atoms with E-state index in [4.69, 9.17) is 16.7 Å². The summed E-state index contributed by atoms with van der Waals surface area (Å²) in [5, 5.41) is 13.3. The number of carboxylic acids is 1. The van der Waals surface area contributed by atoms with Gasteiger partial charge < -0.3 is 5.11 Å². The summed E-state index contributed by atoms with van der Waals surface area (Å²) >= 11 is 5.80. The predicted octanol–water partition coefficient (Wildman–Crippen LogP) is 3.17. The third-order valence-electron chi connectivity index (χ3n) is 3.71. The van der Waals surface area contributed by atoms with Crippen LogP contribution in [0.15, 0.2) is 46.4 Å². The molecule has 1 aliphatic heterocycles. The second-order valence-electron chi connectivity index (χ2n) is 5.38. The average molecular weight is 383 g/mol. The highest BCUT2D eigenvalue weighted by Crippen LogP contribution is 2.27. The molecule has 9 heteroatoms. The van der Waals surface area contributed by atoms with Crippen LogP contribution in [0, 0.1) is 5.82 Å². The van der Waals surface area contributed by atoms with Crippen molar-refractivity contribution in [1.82, 2.24) is 0 Å². The molecule has 0 amide bonds. The first-order valence-electron chi connectivity index (χ1n) is 7.16. The number of fused-ring (bicyclic) bond motifs is 1. The van der Waals surface area contributed by atoms with Crippen LogP contribution in [0.3, 0.4) is 0 Å². The summed E-state index contributed by atoms with van der Waals surface area (Å²) in [5.41, 5.74) is 3.51. The van der Waals surface area contributed by atoms with Crippen molar-refractivity contribution >= 4 is 38.8 Å². The standard InChI is InChI=1S/C16H12ClFN2O4S/c17-13-3-2-10(8-11(13)16(21)22)19-20-14-5-6-25(23,24)15-4-1-9(18)7-12(14)15/h1-4,7-8,19H,5-6H2,(H,21,22)/b20-14+. The summed E-state index contributed by atoms with van der Waals surface area (Å²) in [4.78, 5) is 11.1. The van der Waals surface area contributed by atoms with Crippen LogP contribution in [0.5, 0.6) is 0 Å². The van der Waals surface area contributed by atoms with Crippen LogP contribution in [-0.2, 0) is 9.84 Å². The van der Waals surface area contributed by atoms with Gasteiger partial charge in [-0.1, -0.05) is 11.6 Å². The third kappa shape index (κ3) is 3.49. The zero-order chi connectivity index (χ0) is 18.2. The predicted molar refractivity (Wildman–Crippen MR) is 91.6 cm³/mol. The summed E-state index contributed by atoms with van der Waals surface area (Å²) in [5.74, 6) is -1.88. The lowest BCUT2D eigenvalue weighted by molar-refractivity contribution is 0.0697. The molecule has 0 aliphatic carbocycles. The molecule has 2 aromatic carbocycles. The molecular formula is C16H12ClFN2O4S. The van der Waals surface area contributed by atoms with E-state index in [0.29, 0.717) is 11.4 Å². The number of nitrogens with one attached hydrogen (secondary N) is 1. The molecule has 6 nitrogen and oxygen atoms in total. The van der Waals surface area contributed by atoms with Gasteiger partial charge in [0, 0.05) is 12.0 Å². The molecule has 0 unspecified atom stereocenters. The summed E-state index contributed by atoms with van der Waals surface area (Å²) in [6.07, 6.45) is 0.116. The number of sulfone groups is 1. The number of rotatable bonds is 3. The van der Waals surface area contributed by atoms with Gasteiger partial charge in [-0.05, 0) is 36.4 Å². The van der Waals surface area contributed by atoms with Gasteiger partial charge in [0.2, 0.25) is 0 Å². The quantitative estimate of drug-likeness (QED) is 0.628. The third-order valence-corrected chi connectivity index (χ3v) is 5.81. The van der Waals surface area contributed by atoms with Gasteiger partial charge in [0.25, 0.3) is 0 Å². The van der Waals surface area contributed by atoms with E-state index in [1.165, 1.54) is 24.3 Å². The SMILES string of the molecule is O=C(O)c1cc(N/N=C2\CCS(=O)(=O)c3ccc(F)cc32)ccc1Cl. The van der Waals surface area contributed by atoms with E-state index in [1.807, 2.05) is 0 Å². The van der Waals surface area contributed by atoms with Crippen molar-refractivity contribution in [3.63, 3.8) is 0 Å². The van der Waals surface area contributed by atoms with Crippen molar-refractivity contribution in [2.75, 3.05) is 11.2 Å². The number of hydrogen-bond donors (Lipinski definition) is 2. The fraction of sp³-hybridized carbons (Fsp3) is 0.125. The molecule has 25 heavy (non-hydrogen) atoms. The Balaban J connectivity index is 1.97. The molecule has 130 valence electrons. The topological polar surface area (TPSA) is 95.8 Å². The number of halogens is 2. The van der Waals surface area contributed by atoms with Gasteiger partial charge in [-0.25, -0.2) is 17.6 Å². The zero-order valence-corrected chi connectivity index (χ0v) is 14.2. The van der Waals surface area contributed by atoms with Gasteiger partial charge >= 0.3 is 5.97 Å². The smallest absolute Gasteiger partial charge is 0.337 e. The number of benzene rings is 2. The highest BCUT2D eigenvalue weighted by Gasteiger charge is 2.28. The van der Waals surface area contributed by atoms with E-state index in [1.54, 1.807) is 0 Å². The molecule has 0 atom stereocenters. The Morgan fingerprint density at radius 2 is 2.00 bits per heavy atom. The number of carboxylic acid groups (broad SMARTS) is 1. The molecule has 0 radical (unpaired) electrons. The van der Waals surface area contributed by atoms with E-state index in [2.05, 4.69) is 10.5 Å². The first-order chi connectivity index (χ1) is 11.8. The second kappa shape index (κ2) is 6.45. The van der Waals surface area contributed by atoms with Crippen molar-refractivity contribution in [3.8, 4) is 0 Å². The van der Waals surface area contributed by atoms with E-state index >= 15 is 0 Å². The number of nitrogens with zero attached hydrogens (tertiary/aromatic N) is 1. The minimum atomic E-state index is -3.47. The maximum Gasteiger partial charge on any atom is 0.337 e. The molecule has 1 heterocycles. The Morgan fingerprint density at radius 3 is 2.72 bits per heavy atom. The fourth-order valence-corrected chi connectivity index (χ4v) is 4.15. The normalized spacial score (nSPS) is 17.1. The lowest BCUT2D eigenvalue weighted by Crippen LogP contribution is -2.23. The van der Waals surface area contributed by atoms with Crippen molar-refractivity contribution in [3.05, 3.63) is 58.4 Å². The minimum absolute atomic E-state index is 0.0306. The van der Waals surface area contributed by atoms with Gasteiger partial charge in [-0.2, -0.15) is 5.10 Å². The lowest BCUT2D eigenvalue weighted by atomic mass is 10.1. The summed E-state index contributed by atoms with van der Waals surface area (Å²) < 4.78 is 37.7. The number of carbonyl (C=O) groups is 1. The van der Waals surface area contributed by atoms with Crippen LogP contribution in [0.2, 0.25) is 5.02 Å². The molecule has 2 N–H and O–H groups in total. The monoisotopic (exact) mass is 382 g/mol. The number of hydrogen-bond acceptors (Lipinski definition) is 5. The van der Waals surface area contributed by atoms with Crippen LogP contribution in [0.4, 0.5) is 10.1 Å². The van der Waals surface area contributed by atoms with Gasteiger partial charge in [-0.15, -0.1) is 0 Å². The average Bonchev–Trinajstić information content (AvgIpc) is 2.55. The van der Waals surface area contributed by atoms with Gasteiger partial charge in [0.05, 0.1) is 32.6 Å². The number of anilines is 1. The number of aromatic carboxylic acids is 1. The Kier molecular flexibility index (Phi) is 4.49. The molecule has 1 aliphatic rings. The molecule has 0 saturated heterocycles. The van der Waals surface area contributed by atoms with Gasteiger partial charge in [-0.3, -0.25) is 5.43 Å². The van der Waals surface area contributed by atoms with E-state index in [0.717, 1.165) is 12.1 Å². The van der Waals surface area contributed by atoms with Crippen molar-refractivity contribution in [1.29, 1.82) is 0 Å². The number of hydrazone groups is 1. The van der Waals surface area contributed by atoms with Crippen LogP contribution in [-0.4, -0.2) is 31.0 Å². The largest absolute Gasteiger partial charge is 0.478 e. The molecule has 0 bridgehead atoms. The fourth-order valence-electron chi connectivity index (χ4n) is 2.48. The minimum Gasteiger partial charge on any atom is -0.478 e. The molecule has 3 rings (SSSR count). The first-order valence-corrected chi connectivity index (χ1v) is 9.19.